The number of nitrogens with one attached hydrogen (secondary N) is 1. The number of hydrogen-bond donors (Lipinski definition) is 2. The molecule has 8 heavy (non-hydrogen) atoms. The van der Waals surface area contributed by atoms with E-state index in [1.165, 1.54) is 19.3 Å². The van der Waals surface area contributed by atoms with E-state index in [0.717, 1.165) is 0 Å². The standard InChI is InChI=1S/C6H12N2/c7-8-6-4-2-1-3-5-6/h2,4,6,8H,1,3,5,7H2. The van der Waals surface area contributed by atoms with Crippen molar-refractivity contribution in [2.45, 2.75) is 25.3 Å². The van der Waals surface area contributed by atoms with Gasteiger partial charge in [0.05, 0.1) is 0 Å². The predicted octanol–water partition coefficient (Wildman–Crippen LogP) is 0.558. The fourth-order valence-electron chi connectivity index (χ4n) is 0.951. The van der Waals surface area contributed by atoms with Crippen LogP contribution in [0, 0.1) is 0 Å². The lowest BCUT2D eigenvalue weighted by molar-refractivity contribution is 0.538. The van der Waals surface area contributed by atoms with Gasteiger partial charge in [-0.3, -0.25) is 11.3 Å². The van der Waals surface area contributed by atoms with Crippen LogP contribution in [0.2, 0.25) is 0 Å². The summed E-state index contributed by atoms with van der Waals surface area (Å²) in [4.78, 5) is 0. The van der Waals surface area contributed by atoms with Gasteiger partial charge in [-0.25, -0.2) is 0 Å². The fraction of sp³-hybridized carbons (Fsp3) is 0.667. The van der Waals surface area contributed by atoms with E-state index in [-0.39, 0.29) is 0 Å². The SMILES string of the molecule is NNC1C=CCCC1. The van der Waals surface area contributed by atoms with E-state index < -0.39 is 0 Å². The number of nitrogens with two attached hydrogens (primary N) is 1. The lowest BCUT2D eigenvalue weighted by Crippen LogP contribution is -2.34. The topological polar surface area (TPSA) is 38.0 Å². The summed E-state index contributed by atoms with van der Waals surface area (Å²) >= 11 is 0. The van der Waals surface area contributed by atoms with Gasteiger partial charge in [0.25, 0.3) is 0 Å². The van der Waals surface area contributed by atoms with Crippen LogP contribution in [-0.4, -0.2) is 6.04 Å². The molecule has 0 aromatic carbocycles. The first-order valence-electron chi connectivity index (χ1n) is 3.06. The van der Waals surface area contributed by atoms with E-state index in [9.17, 15) is 0 Å². The van der Waals surface area contributed by atoms with Crippen molar-refractivity contribution >= 4 is 0 Å². The van der Waals surface area contributed by atoms with Crippen LogP contribution in [0.15, 0.2) is 12.2 Å². The van der Waals surface area contributed by atoms with Crippen molar-refractivity contribution < 1.29 is 0 Å². The van der Waals surface area contributed by atoms with Crippen molar-refractivity contribution in [1.82, 2.24) is 5.43 Å². The molecule has 3 N–H and O–H groups in total. The zero-order valence-electron chi connectivity index (χ0n) is 4.93. The van der Waals surface area contributed by atoms with Gasteiger partial charge in [0.15, 0.2) is 0 Å². The third-order valence-corrected chi connectivity index (χ3v) is 1.47. The Morgan fingerprint density at radius 3 is 2.88 bits per heavy atom. The summed E-state index contributed by atoms with van der Waals surface area (Å²) in [6.45, 7) is 0. The molecule has 1 aliphatic carbocycles. The molecule has 46 valence electrons. The highest BCUT2D eigenvalue weighted by atomic mass is 15.2. The predicted molar refractivity (Wildman–Crippen MR) is 34.1 cm³/mol. The van der Waals surface area contributed by atoms with Crippen molar-refractivity contribution in [3.63, 3.8) is 0 Å². The van der Waals surface area contributed by atoms with Gasteiger partial charge in [-0.05, 0) is 19.3 Å². The Balaban J connectivity index is 2.32. The monoisotopic (exact) mass is 112 g/mol. The zero-order chi connectivity index (χ0) is 5.82. The second kappa shape index (κ2) is 2.84. The average molecular weight is 112 g/mol. The van der Waals surface area contributed by atoms with Gasteiger partial charge in [-0.1, -0.05) is 12.2 Å². The molecule has 0 saturated heterocycles. The molecule has 0 bridgehead atoms. The maximum absolute atomic E-state index is 5.20. The van der Waals surface area contributed by atoms with Crippen LogP contribution in [0.1, 0.15) is 19.3 Å². The minimum absolute atomic E-state index is 0.434. The quantitative estimate of drug-likeness (QED) is 0.295. The second-order valence-electron chi connectivity index (χ2n) is 2.13. The fourth-order valence-corrected chi connectivity index (χ4v) is 0.951. The minimum Gasteiger partial charge on any atom is -0.271 e. The Labute approximate surface area is 49.7 Å². The summed E-state index contributed by atoms with van der Waals surface area (Å²) in [5, 5.41) is 0. The first-order chi connectivity index (χ1) is 3.93. The summed E-state index contributed by atoms with van der Waals surface area (Å²) in [5.41, 5.74) is 2.72. The molecule has 1 atom stereocenters. The molecule has 0 radical (unpaired) electrons. The second-order valence-corrected chi connectivity index (χ2v) is 2.13. The van der Waals surface area contributed by atoms with Crippen LogP contribution in [-0.2, 0) is 0 Å². The highest BCUT2D eigenvalue weighted by Crippen LogP contribution is 2.08. The number of allylic oxidation sites excluding steroid dienone is 1. The Morgan fingerprint density at radius 2 is 2.50 bits per heavy atom. The Morgan fingerprint density at radius 1 is 1.62 bits per heavy atom. The van der Waals surface area contributed by atoms with Gasteiger partial charge in [0, 0.05) is 6.04 Å². The van der Waals surface area contributed by atoms with Crippen molar-refractivity contribution in [2.24, 2.45) is 5.84 Å². The first-order valence-corrected chi connectivity index (χ1v) is 3.06. The van der Waals surface area contributed by atoms with Crippen LogP contribution >= 0.6 is 0 Å². The summed E-state index contributed by atoms with van der Waals surface area (Å²) in [6, 6.07) is 0.434. The molecule has 2 heteroatoms. The zero-order valence-corrected chi connectivity index (χ0v) is 4.93. The lowest BCUT2D eigenvalue weighted by Gasteiger charge is -2.13. The van der Waals surface area contributed by atoms with Crippen LogP contribution in [0.3, 0.4) is 0 Å². The van der Waals surface area contributed by atoms with Crippen molar-refractivity contribution in [3.8, 4) is 0 Å². The van der Waals surface area contributed by atoms with Gasteiger partial charge >= 0.3 is 0 Å². The summed E-state index contributed by atoms with van der Waals surface area (Å²) in [7, 11) is 0. The molecular formula is C6H12N2. The van der Waals surface area contributed by atoms with E-state index >= 15 is 0 Å². The normalized spacial score (nSPS) is 28.4. The summed E-state index contributed by atoms with van der Waals surface area (Å²) in [6.07, 6.45) is 7.98. The molecule has 0 aromatic rings. The highest BCUT2D eigenvalue weighted by molar-refractivity contribution is 4.96. The van der Waals surface area contributed by atoms with Gasteiger partial charge in [-0.2, -0.15) is 0 Å². The van der Waals surface area contributed by atoms with Crippen LogP contribution < -0.4 is 11.3 Å². The van der Waals surface area contributed by atoms with E-state index in [1.807, 2.05) is 0 Å². The van der Waals surface area contributed by atoms with Crippen LogP contribution in [0.5, 0.6) is 0 Å². The maximum Gasteiger partial charge on any atom is 0.0390 e. The number of hydrazine groups is 1. The van der Waals surface area contributed by atoms with Crippen molar-refractivity contribution in [1.29, 1.82) is 0 Å². The van der Waals surface area contributed by atoms with Crippen molar-refractivity contribution in [3.05, 3.63) is 12.2 Å². The molecule has 1 rings (SSSR count). The smallest absolute Gasteiger partial charge is 0.0390 e. The van der Waals surface area contributed by atoms with Gasteiger partial charge in [0.1, 0.15) is 0 Å². The molecular weight excluding hydrogens is 100 g/mol. The van der Waals surface area contributed by atoms with Gasteiger partial charge in [-0.15, -0.1) is 0 Å². The summed E-state index contributed by atoms with van der Waals surface area (Å²) < 4.78 is 0. The number of rotatable bonds is 1. The molecule has 0 fully saturated rings. The first kappa shape index (κ1) is 5.79. The number of hydrogen-bond acceptors (Lipinski definition) is 2. The van der Waals surface area contributed by atoms with E-state index in [1.54, 1.807) is 0 Å². The molecule has 0 spiro atoms. The van der Waals surface area contributed by atoms with E-state index in [2.05, 4.69) is 17.6 Å². The molecule has 0 saturated carbocycles. The maximum atomic E-state index is 5.20. The lowest BCUT2D eigenvalue weighted by atomic mass is 10.0. The van der Waals surface area contributed by atoms with Crippen LogP contribution in [0.25, 0.3) is 0 Å². The average Bonchev–Trinajstić information content (AvgIpc) is 1.90. The molecule has 2 nitrogen and oxygen atoms in total. The minimum atomic E-state index is 0.434. The largest absolute Gasteiger partial charge is 0.271 e. The third-order valence-electron chi connectivity index (χ3n) is 1.47. The van der Waals surface area contributed by atoms with Crippen molar-refractivity contribution in [2.75, 3.05) is 0 Å². The Hall–Kier alpha value is -0.340. The van der Waals surface area contributed by atoms with E-state index in [4.69, 9.17) is 5.84 Å². The van der Waals surface area contributed by atoms with E-state index in [0.29, 0.717) is 6.04 Å². The molecule has 0 heterocycles. The van der Waals surface area contributed by atoms with Crippen LogP contribution in [0.4, 0.5) is 0 Å². The Bertz CT molecular complexity index is 88.5. The Kier molecular flexibility index (Phi) is 2.06. The highest BCUT2D eigenvalue weighted by Gasteiger charge is 2.03. The molecule has 1 aliphatic rings. The molecule has 0 aromatic heterocycles. The molecule has 0 amide bonds. The molecule has 0 aliphatic heterocycles. The molecule has 1 unspecified atom stereocenters. The third kappa shape index (κ3) is 1.32. The van der Waals surface area contributed by atoms with Gasteiger partial charge < -0.3 is 0 Å². The summed E-state index contributed by atoms with van der Waals surface area (Å²) in [5.74, 6) is 5.20. The van der Waals surface area contributed by atoms with Gasteiger partial charge in [0.2, 0.25) is 0 Å².